The highest BCUT2D eigenvalue weighted by Crippen LogP contribution is 2.12. The number of carboxylic acids is 1. The third kappa shape index (κ3) is 4.53. The van der Waals surface area contributed by atoms with Crippen molar-refractivity contribution in [3.63, 3.8) is 0 Å². The number of carbonyl (C=O) groups is 2. The van der Waals surface area contributed by atoms with Crippen LogP contribution in [0, 0.1) is 0 Å². The van der Waals surface area contributed by atoms with E-state index in [4.69, 9.17) is 5.11 Å². The van der Waals surface area contributed by atoms with Crippen LogP contribution in [-0.4, -0.2) is 23.2 Å². The Labute approximate surface area is 105 Å². The molecule has 1 rings (SSSR count). The second-order valence-corrected chi connectivity index (χ2v) is 4.02. The molecule has 0 fully saturated rings. The van der Waals surface area contributed by atoms with Crippen LogP contribution < -0.4 is 5.32 Å². The molecule has 5 heteroatoms. The van der Waals surface area contributed by atoms with Crippen LogP contribution in [0.2, 0.25) is 0 Å². The minimum atomic E-state index is -1.13. The second kappa shape index (κ2) is 6.74. The fourth-order valence-corrected chi connectivity index (χ4v) is 1.52. The quantitative estimate of drug-likeness (QED) is 0.819. The molecule has 0 spiro atoms. The number of alkyl halides is 1. The molecule has 1 atom stereocenters. The Morgan fingerprint density at radius 2 is 1.94 bits per heavy atom. The number of carboxylic acid groups (broad SMARTS) is 1. The van der Waals surface area contributed by atoms with Crippen molar-refractivity contribution in [3.05, 3.63) is 29.8 Å². The lowest BCUT2D eigenvalue weighted by Gasteiger charge is -2.08. The first-order chi connectivity index (χ1) is 8.52. The van der Waals surface area contributed by atoms with Crippen LogP contribution in [0.4, 0.5) is 10.1 Å². The number of anilines is 1. The van der Waals surface area contributed by atoms with Gasteiger partial charge in [0.1, 0.15) is 6.17 Å². The summed E-state index contributed by atoms with van der Waals surface area (Å²) in [5.41, 5.74) is 0.607. The molecular weight excluding hydrogens is 237 g/mol. The molecule has 18 heavy (non-hydrogen) atoms. The van der Waals surface area contributed by atoms with E-state index < -0.39 is 18.0 Å². The molecule has 4 nitrogen and oxygen atoms in total. The van der Waals surface area contributed by atoms with E-state index in [1.54, 1.807) is 0 Å². The molecular formula is C13H16FNO3. The van der Waals surface area contributed by atoms with E-state index in [2.05, 4.69) is 5.32 Å². The number of aromatic carboxylic acids is 1. The van der Waals surface area contributed by atoms with Crippen LogP contribution in [0.3, 0.4) is 0 Å². The van der Waals surface area contributed by atoms with Crippen molar-refractivity contribution in [2.45, 2.75) is 32.4 Å². The fourth-order valence-electron chi connectivity index (χ4n) is 1.52. The molecule has 1 amide bonds. The molecule has 0 aliphatic carbocycles. The molecule has 0 radical (unpaired) electrons. The normalized spacial score (nSPS) is 11.9. The van der Waals surface area contributed by atoms with Crippen LogP contribution in [0.25, 0.3) is 0 Å². The van der Waals surface area contributed by atoms with E-state index in [0.29, 0.717) is 18.5 Å². The van der Waals surface area contributed by atoms with Gasteiger partial charge in [0, 0.05) is 5.69 Å². The maximum atomic E-state index is 13.2. The van der Waals surface area contributed by atoms with E-state index in [9.17, 15) is 14.0 Å². The van der Waals surface area contributed by atoms with Gasteiger partial charge in [-0.05, 0) is 30.7 Å². The van der Waals surface area contributed by atoms with Crippen molar-refractivity contribution in [3.8, 4) is 0 Å². The zero-order valence-corrected chi connectivity index (χ0v) is 10.1. The minimum Gasteiger partial charge on any atom is -0.478 e. The van der Waals surface area contributed by atoms with Crippen molar-refractivity contribution in [2.24, 2.45) is 0 Å². The Bertz CT molecular complexity index is 417. The third-order valence-corrected chi connectivity index (χ3v) is 2.42. The molecule has 0 heterocycles. The van der Waals surface area contributed by atoms with Gasteiger partial charge in [-0.3, -0.25) is 4.79 Å². The fraction of sp³-hybridized carbons (Fsp3) is 0.385. The van der Waals surface area contributed by atoms with Gasteiger partial charge in [0.05, 0.1) is 12.0 Å². The van der Waals surface area contributed by atoms with E-state index in [-0.39, 0.29) is 12.0 Å². The van der Waals surface area contributed by atoms with Gasteiger partial charge in [-0.1, -0.05) is 13.3 Å². The highest BCUT2D eigenvalue weighted by Gasteiger charge is 2.12. The van der Waals surface area contributed by atoms with Gasteiger partial charge in [-0.25, -0.2) is 9.18 Å². The summed E-state index contributed by atoms with van der Waals surface area (Å²) in [6.45, 7) is 1.86. The number of hydrogen-bond acceptors (Lipinski definition) is 2. The zero-order chi connectivity index (χ0) is 13.5. The summed E-state index contributed by atoms with van der Waals surface area (Å²) in [7, 11) is 0. The van der Waals surface area contributed by atoms with Gasteiger partial charge >= 0.3 is 5.97 Å². The summed E-state index contributed by atoms with van der Waals surface area (Å²) in [5.74, 6) is -1.43. The van der Waals surface area contributed by atoms with E-state index in [0.717, 1.165) is 0 Å². The monoisotopic (exact) mass is 253 g/mol. The van der Waals surface area contributed by atoms with Gasteiger partial charge in [0.25, 0.3) is 0 Å². The Hall–Kier alpha value is -1.91. The molecule has 0 aliphatic heterocycles. The third-order valence-electron chi connectivity index (χ3n) is 2.42. The number of benzene rings is 1. The van der Waals surface area contributed by atoms with Gasteiger partial charge in [0.15, 0.2) is 0 Å². The summed E-state index contributed by atoms with van der Waals surface area (Å²) in [6.07, 6.45) is -0.241. The lowest BCUT2D eigenvalue weighted by molar-refractivity contribution is -0.117. The predicted octanol–water partition coefficient (Wildman–Crippen LogP) is 2.85. The van der Waals surface area contributed by atoms with Crippen LogP contribution >= 0.6 is 0 Å². The van der Waals surface area contributed by atoms with Crippen molar-refractivity contribution in [1.82, 2.24) is 0 Å². The molecule has 0 aliphatic rings. The maximum Gasteiger partial charge on any atom is 0.335 e. The number of rotatable bonds is 6. The highest BCUT2D eigenvalue weighted by molar-refractivity contribution is 5.92. The molecule has 2 N–H and O–H groups in total. The van der Waals surface area contributed by atoms with Crippen LogP contribution in [0.15, 0.2) is 24.3 Å². The largest absolute Gasteiger partial charge is 0.478 e. The molecule has 1 aromatic rings. The lowest BCUT2D eigenvalue weighted by Crippen LogP contribution is -2.17. The molecule has 0 saturated heterocycles. The van der Waals surface area contributed by atoms with Gasteiger partial charge in [-0.15, -0.1) is 0 Å². The number of halogens is 1. The summed E-state index contributed by atoms with van der Waals surface area (Å²) in [5, 5.41) is 11.2. The minimum absolute atomic E-state index is 0.141. The average molecular weight is 253 g/mol. The first kappa shape index (κ1) is 14.2. The topological polar surface area (TPSA) is 66.4 Å². The molecule has 98 valence electrons. The van der Waals surface area contributed by atoms with E-state index >= 15 is 0 Å². The van der Waals surface area contributed by atoms with E-state index in [1.807, 2.05) is 6.92 Å². The summed E-state index contributed by atoms with van der Waals surface area (Å²) < 4.78 is 13.2. The second-order valence-electron chi connectivity index (χ2n) is 4.02. The Kier molecular flexibility index (Phi) is 5.30. The Balaban J connectivity index is 2.51. The molecule has 0 saturated carbocycles. The smallest absolute Gasteiger partial charge is 0.335 e. The SMILES string of the molecule is CCCC(F)CC(=O)Nc1ccc(C(=O)O)cc1. The summed E-state index contributed by atoms with van der Waals surface area (Å²) in [6, 6.07) is 5.73. The van der Waals surface area contributed by atoms with Crippen molar-refractivity contribution >= 4 is 17.6 Å². The van der Waals surface area contributed by atoms with Gasteiger partial charge in [-0.2, -0.15) is 0 Å². The summed E-state index contributed by atoms with van der Waals surface area (Å²) in [4.78, 5) is 22.1. The highest BCUT2D eigenvalue weighted by atomic mass is 19.1. The first-order valence-electron chi connectivity index (χ1n) is 5.80. The number of carbonyl (C=O) groups excluding carboxylic acids is 1. The maximum absolute atomic E-state index is 13.2. The number of amides is 1. The number of hydrogen-bond donors (Lipinski definition) is 2. The predicted molar refractivity (Wildman–Crippen MR) is 66.5 cm³/mol. The van der Waals surface area contributed by atoms with Crippen LogP contribution in [-0.2, 0) is 4.79 Å². The van der Waals surface area contributed by atoms with Crippen molar-refractivity contribution in [2.75, 3.05) is 5.32 Å². The zero-order valence-electron chi connectivity index (χ0n) is 10.1. The van der Waals surface area contributed by atoms with Gasteiger partial charge in [0.2, 0.25) is 5.91 Å². The lowest BCUT2D eigenvalue weighted by atomic mass is 10.1. The van der Waals surface area contributed by atoms with Crippen LogP contribution in [0.1, 0.15) is 36.5 Å². The standard InChI is InChI=1S/C13H16FNO3/c1-2-3-10(14)8-12(16)15-11-6-4-9(5-7-11)13(17)18/h4-7,10H,2-3,8H2,1H3,(H,15,16)(H,17,18). The molecule has 0 bridgehead atoms. The number of nitrogens with one attached hydrogen (secondary N) is 1. The van der Waals surface area contributed by atoms with Gasteiger partial charge < -0.3 is 10.4 Å². The Morgan fingerprint density at radius 1 is 1.33 bits per heavy atom. The van der Waals surface area contributed by atoms with E-state index in [1.165, 1.54) is 24.3 Å². The van der Waals surface area contributed by atoms with Crippen molar-refractivity contribution in [1.29, 1.82) is 0 Å². The first-order valence-corrected chi connectivity index (χ1v) is 5.80. The Morgan fingerprint density at radius 3 is 2.44 bits per heavy atom. The average Bonchev–Trinajstić information content (AvgIpc) is 2.29. The molecule has 1 unspecified atom stereocenters. The molecule has 1 aromatic carbocycles. The van der Waals surface area contributed by atoms with Crippen LogP contribution in [0.5, 0.6) is 0 Å². The summed E-state index contributed by atoms with van der Waals surface area (Å²) >= 11 is 0. The van der Waals surface area contributed by atoms with Crippen molar-refractivity contribution < 1.29 is 19.1 Å². The molecule has 0 aromatic heterocycles.